The Morgan fingerprint density at radius 1 is 1.50 bits per heavy atom. The summed E-state index contributed by atoms with van der Waals surface area (Å²) in [6.07, 6.45) is -4.98. The predicted octanol–water partition coefficient (Wildman–Crippen LogP) is 0.900. The fraction of sp³-hybridized carbons (Fsp3) is 0.909. The summed E-state index contributed by atoms with van der Waals surface area (Å²) in [7, 11) is 0. The number of hydrogen-bond donors (Lipinski definition) is 2. The minimum atomic E-state index is -4.68. The van der Waals surface area contributed by atoms with Crippen molar-refractivity contribution >= 4 is 5.91 Å². The zero-order valence-corrected chi connectivity index (χ0v) is 10.5. The molecule has 2 N–H and O–H groups in total. The van der Waals surface area contributed by atoms with Gasteiger partial charge < -0.3 is 15.3 Å². The lowest BCUT2D eigenvalue weighted by Crippen LogP contribution is -2.48. The van der Waals surface area contributed by atoms with Crippen LogP contribution in [0.25, 0.3) is 0 Å². The summed E-state index contributed by atoms with van der Waals surface area (Å²) in [6.45, 7) is 3.57. The molecule has 0 saturated carbocycles. The number of likely N-dealkylation sites (tertiary alicyclic amines) is 1. The van der Waals surface area contributed by atoms with Crippen LogP contribution in [0.2, 0.25) is 0 Å². The maximum absolute atomic E-state index is 12.5. The van der Waals surface area contributed by atoms with Crippen molar-refractivity contribution in [3.05, 3.63) is 0 Å². The Kier molecular flexibility index (Phi) is 4.61. The molecule has 0 aromatic carbocycles. The second-order valence-corrected chi connectivity index (χ2v) is 4.95. The standard InChI is InChI=1S/C11H19F3N2O2/c1-8(2)15-5-3-9(17)16-6-4-10(18,7-16)11(12,13)14/h8,15,18H,3-7H2,1-2H3/t10-/m1/s1. The van der Waals surface area contributed by atoms with Gasteiger partial charge in [0.2, 0.25) is 5.91 Å². The maximum atomic E-state index is 12.5. The first-order valence-electron chi connectivity index (χ1n) is 5.96. The number of aliphatic hydroxyl groups is 1. The third-order valence-corrected chi connectivity index (χ3v) is 3.02. The van der Waals surface area contributed by atoms with Crippen molar-refractivity contribution in [1.82, 2.24) is 10.2 Å². The van der Waals surface area contributed by atoms with Crippen LogP contribution in [-0.2, 0) is 4.79 Å². The third kappa shape index (κ3) is 3.58. The summed E-state index contributed by atoms with van der Waals surface area (Å²) in [5, 5.41) is 12.4. The SMILES string of the molecule is CC(C)NCCC(=O)N1CC[C@](O)(C(F)(F)F)C1. The highest BCUT2D eigenvalue weighted by molar-refractivity contribution is 5.76. The largest absolute Gasteiger partial charge is 0.419 e. The van der Waals surface area contributed by atoms with Gasteiger partial charge in [0.25, 0.3) is 0 Å². The van der Waals surface area contributed by atoms with Gasteiger partial charge in [0.15, 0.2) is 5.60 Å². The van der Waals surface area contributed by atoms with Crippen molar-refractivity contribution in [3.8, 4) is 0 Å². The van der Waals surface area contributed by atoms with E-state index in [4.69, 9.17) is 0 Å². The summed E-state index contributed by atoms with van der Waals surface area (Å²) in [5.41, 5.74) is -2.74. The van der Waals surface area contributed by atoms with Crippen molar-refractivity contribution in [2.24, 2.45) is 0 Å². The van der Waals surface area contributed by atoms with Crippen molar-refractivity contribution < 1.29 is 23.1 Å². The smallest absolute Gasteiger partial charge is 0.379 e. The van der Waals surface area contributed by atoms with Gasteiger partial charge in [-0.05, 0) is 0 Å². The van der Waals surface area contributed by atoms with Crippen LogP contribution in [0.5, 0.6) is 0 Å². The van der Waals surface area contributed by atoms with Gasteiger partial charge in [-0.25, -0.2) is 0 Å². The molecule has 0 aromatic rings. The molecular formula is C11H19F3N2O2. The van der Waals surface area contributed by atoms with Crippen LogP contribution in [0.15, 0.2) is 0 Å². The lowest BCUT2D eigenvalue weighted by molar-refractivity contribution is -0.253. The fourth-order valence-electron chi connectivity index (χ4n) is 1.86. The second-order valence-electron chi connectivity index (χ2n) is 4.95. The highest BCUT2D eigenvalue weighted by atomic mass is 19.4. The quantitative estimate of drug-likeness (QED) is 0.796. The summed E-state index contributed by atoms with van der Waals surface area (Å²) in [6, 6.07) is 0.225. The first-order valence-corrected chi connectivity index (χ1v) is 5.96. The molecule has 1 amide bonds. The number of hydrogen-bond acceptors (Lipinski definition) is 3. The molecule has 1 fully saturated rings. The molecule has 1 aliphatic heterocycles. The fourth-order valence-corrected chi connectivity index (χ4v) is 1.86. The van der Waals surface area contributed by atoms with E-state index in [1.54, 1.807) is 0 Å². The average molecular weight is 268 g/mol. The van der Waals surface area contributed by atoms with Crippen LogP contribution in [0.3, 0.4) is 0 Å². The van der Waals surface area contributed by atoms with E-state index in [9.17, 15) is 23.1 Å². The highest BCUT2D eigenvalue weighted by Gasteiger charge is 2.57. The lowest BCUT2D eigenvalue weighted by Gasteiger charge is -2.26. The molecular weight excluding hydrogens is 249 g/mol. The molecule has 1 heterocycles. The molecule has 0 aromatic heterocycles. The molecule has 0 spiro atoms. The Hall–Kier alpha value is -0.820. The summed E-state index contributed by atoms with van der Waals surface area (Å²) < 4.78 is 37.6. The summed E-state index contributed by atoms with van der Waals surface area (Å²) >= 11 is 0. The minimum absolute atomic E-state index is 0.0451. The molecule has 1 atom stereocenters. The number of rotatable bonds is 4. The number of amides is 1. The van der Waals surface area contributed by atoms with Crippen LogP contribution < -0.4 is 5.32 Å². The lowest BCUT2D eigenvalue weighted by atomic mass is 10.0. The van der Waals surface area contributed by atoms with Gasteiger partial charge >= 0.3 is 6.18 Å². The van der Waals surface area contributed by atoms with E-state index in [1.807, 2.05) is 13.8 Å². The number of carbonyl (C=O) groups is 1. The molecule has 4 nitrogen and oxygen atoms in total. The monoisotopic (exact) mass is 268 g/mol. The normalized spacial score (nSPS) is 24.9. The number of nitrogens with one attached hydrogen (secondary N) is 1. The molecule has 7 heteroatoms. The summed E-state index contributed by atoms with van der Waals surface area (Å²) in [5.74, 6) is -0.358. The Morgan fingerprint density at radius 3 is 2.56 bits per heavy atom. The molecule has 106 valence electrons. The number of β-amino-alcohol motifs (C(OH)–C–C–N with tert-alkyl or cyclic N) is 1. The molecule has 0 aliphatic carbocycles. The van der Waals surface area contributed by atoms with Crippen LogP contribution in [0.1, 0.15) is 26.7 Å². The first-order chi connectivity index (χ1) is 8.16. The van der Waals surface area contributed by atoms with Gasteiger partial charge in [-0.2, -0.15) is 13.2 Å². The van der Waals surface area contributed by atoms with E-state index in [2.05, 4.69) is 5.32 Å². The number of alkyl halides is 3. The molecule has 0 bridgehead atoms. The molecule has 1 saturated heterocycles. The van der Waals surface area contributed by atoms with E-state index in [1.165, 1.54) is 0 Å². The van der Waals surface area contributed by atoms with Crippen molar-refractivity contribution in [1.29, 1.82) is 0 Å². The van der Waals surface area contributed by atoms with Gasteiger partial charge in [0.05, 0.1) is 6.54 Å². The zero-order chi connectivity index (χ0) is 14.0. The first kappa shape index (κ1) is 15.2. The maximum Gasteiger partial charge on any atom is 0.419 e. The van der Waals surface area contributed by atoms with Gasteiger partial charge in [-0.1, -0.05) is 13.8 Å². The third-order valence-electron chi connectivity index (χ3n) is 3.02. The molecule has 0 radical (unpaired) electrons. The Morgan fingerprint density at radius 2 is 2.11 bits per heavy atom. The van der Waals surface area contributed by atoms with Gasteiger partial charge in [-0.3, -0.25) is 4.79 Å². The van der Waals surface area contributed by atoms with Gasteiger partial charge in [-0.15, -0.1) is 0 Å². The van der Waals surface area contributed by atoms with E-state index >= 15 is 0 Å². The Bertz CT molecular complexity index is 307. The van der Waals surface area contributed by atoms with Crippen LogP contribution in [-0.4, -0.2) is 53.4 Å². The van der Waals surface area contributed by atoms with Gasteiger partial charge in [0.1, 0.15) is 0 Å². The van der Waals surface area contributed by atoms with E-state index in [0.717, 1.165) is 4.90 Å². The second kappa shape index (κ2) is 5.44. The number of nitrogens with zero attached hydrogens (tertiary/aromatic N) is 1. The van der Waals surface area contributed by atoms with Crippen LogP contribution >= 0.6 is 0 Å². The van der Waals surface area contributed by atoms with E-state index in [0.29, 0.717) is 6.54 Å². The van der Waals surface area contributed by atoms with Crippen molar-refractivity contribution in [2.75, 3.05) is 19.6 Å². The topological polar surface area (TPSA) is 52.6 Å². The highest BCUT2D eigenvalue weighted by Crippen LogP contribution is 2.37. The van der Waals surface area contributed by atoms with Crippen LogP contribution in [0, 0.1) is 0 Å². The van der Waals surface area contributed by atoms with Crippen molar-refractivity contribution in [3.63, 3.8) is 0 Å². The average Bonchev–Trinajstić information content (AvgIpc) is 2.60. The minimum Gasteiger partial charge on any atom is -0.379 e. The van der Waals surface area contributed by atoms with Crippen molar-refractivity contribution in [2.45, 2.75) is 44.5 Å². The van der Waals surface area contributed by atoms with Crippen LogP contribution in [0.4, 0.5) is 13.2 Å². The Labute approximate surface area is 104 Å². The summed E-state index contributed by atoms with van der Waals surface area (Å²) in [4.78, 5) is 12.7. The molecule has 18 heavy (non-hydrogen) atoms. The van der Waals surface area contributed by atoms with Gasteiger partial charge in [0, 0.05) is 32.0 Å². The zero-order valence-electron chi connectivity index (χ0n) is 10.5. The Balaban J connectivity index is 2.44. The number of halogens is 3. The molecule has 0 unspecified atom stereocenters. The molecule has 1 rings (SSSR count). The molecule has 1 aliphatic rings. The van der Waals surface area contributed by atoms with E-state index in [-0.39, 0.29) is 24.9 Å². The van der Waals surface area contributed by atoms with E-state index < -0.39 is 24.7 Å². The predicted molar refractivity (Wildman–Crippen MR) is 60.0 cm³/mol. The number of carbonyl (C=O) groups excluding carboxylic acids is 1.